The number of nitrogens with one attached hydrogen (secondary N) is 2. The lowest BCUT2D eigenvalue weighted by atomic mass is 10.1. The SMILES string of the molecule is CC1Cc2nc(C(=O)N3CCN(S(=O)(=O)c4cc5ccc(Cl)cc5s4)CC3CCc3nsc(=O)[nH]3)sc2CN1. The van der Waals surface area contributed by atoms with Gasteiger partial charge in [0.1, 0.15) is 10.0 Å². The lowest BCUT2D eigenvalue weighted by Crippen LogP contribution is -2.56. The Morgan fingerprint density at radius 2 is 2.08 bits per heavy atom. The second-order valence-electron chi connectivity index (χ2n) is 9.72. The number of carbonyl (C=O) groups excluding carboxylic acids is 1. The molecule has 2 unspecified atom stereocenters. The summed E-state index contributed by atoms with van der Waals surface area (Å²) < 4.78 is 34.0. The third-order valence-corrected chi connectivity index (χ3v) is 12.3. The van der Waals surface area contributed by atoms with Crippen molar-refractivity contribution in [3.8, 4) is 0 Å². The van der Waals surface area contributed by atoms with Gasteiger partial charge >= 0.3 is 4.87 Å². The Hall–Kier alpha value is -2.20. The van der Waals surface area contributed by atoms with Gasteiger partial charge in [-0.05, 0) is 36.9 Å². The maximum absolute atomic E-state index is 13.7. The fraction of sp³-hybridized carbons (Fsp3) is 0.417. The van der Waals surface area contributed by atoms with Crippen LogP contribution < -0.4 is 10.2 Å². The summed E-state index contributed by atoms with van der Waals surface area (Å²) in [5.74, 6) is 0.343. The van der Waals surface area contributed by atoms with Crippen LogP contribution in [0.3, 0.4) is 0 Å². The molecule has 2 aliphatic heterocycles. The van der Waals surface area contributed by atoms with Gasteiger partial charge in [-0.25, -0.2) is 13.4 Å². The molecule has 0 bridgehead atoms. The Morgan fingerprint density at radius 1 is 1.23 bits per heavy atom. The molecular formula is C24H25ClN6O4S4. The van der Waals surface area contributed by atoms with Crippen molar-refractivity contribution in [3.05, 3.63) is 60.4 Å². The van der Waals surface area contributed by atoms with Gasteiger partial charge in [-0.3, -0.25) is 14.6 Å². The highest BCUT2D eigenvalue weighted by Gasteiger charge is 2.38. The average Bonchev–Trinajstić information content (AvgIpc) is 3.64. The van der Waals surface area contributed by atoms with Crippen molar-refractivity contribution in [2.75, 3.05) is 19.6 Å². The number of sulfonamides is 1. The summed E-state index contributed by atoms with van der Waals surface area (Å²) in [6.07, 6.45) is 1.63. The van der Waals surface area contributed by atoms with Gasteiger partial charge in [0.15, 0.2) is 5.01 Å². The smallest absolute Gasteiger partial charge is 0.323 e. The van der Waals surface area contributed by atoms with Gasteiger partial charge in [0.25, 0.3) is 15.9 Å². The van der Waals surface area contributed by atoms with Crippen LogP contribution in [0.4, 0.5) is 0 Å². The molecular weight excluding hydrogens is 600 g/mol. The first kappa shape index (κ1) is 27.0. The second kappa shape index (κ2) is 10.7. The van der Waals surface area contributed by atoms with Gasteiger partial charge in [0.2, 0.25) is 0 Å². The number of aromatic nitrogens is 3. The number of amides is 1. The van der Waals surface area contributed by atoms with E-state index >= 15 is 0 Å². The minimum absolute atomic E-state index is 0.140. The summed E-state index contributed by atoms with van der Waals surface area (Å²) in [6.45, 7) is 3.34. The van der Waals surface area contributed by atoms with E-state index in [-0.39, 0.29) is 34.6 Å². The van der Waals surface area contributed by atoms with Crippen LogP contribution in [0.25, 0.3) is 10.1 Å². The molecule has 1 amide bonds. The average molecular weight is 625 g/mol. The number of aromatic amines is 1. The lowest BCUT2D eigenvalue weighted by Gasteiger charge is -2.40. The number of benzene rings is 1. The zero-order valence-electron chi connectivity index (χ0n) is 20.8. The summed E-state index contributed by atoms with van der Waals surface area (Å²) in [5.41, 5.74) is 0.956. The molecule has 206 valence electrons. The number of aryl methyl sites for hydroxylation is 1. The maximum Gasteiger partial charge on any atom is 0.323 e. The standard InChI is InChI=1S/C24H25ClN6O4S4/c1-13-8-17-19(11-26-13)37-22(27-17)23(32)31-7-6-30(12-16(31)4-5-20-28-24(33)38-29-20)39(34,35)21-9-14-2-3-15(25)10-18(14)36-21/h2-3,9-10,13,16,26H,4-8,11-12H2,1H3,(H,28,29,33). The van der Waals surface area contributed by atoms with E-state index in [1.165, 1.54) is 27.0 Å². The molecule has 5 heterocycles. The Kier molecular flexibility index (Phi) is 7.37. The largest absolute Gasteiger partial charge is 0.331 e. The van der Waals surface area contributed by atoms with E-state index in [1.54, 1.807) is 23.1 Å². The molecule has 10 nitrogen and oxygen atoms in total. The van der Waals surface area contributed by atoms with Gasteiger partial charge < -0.3 is 10.2 Å². The number of thiophene rings is 1. The summed E-state index contributed by atoms with van der Waals surface area (Å²) in [4.78, 5) is 35.2. The molecule has 15 heteroatoms. The van der Waals surface area contributed by atoms with Gasteiger partial charge in [0.05, 0.1) is 5.69 Å². The lowest BCUT2D eigenvalue weighted by molar-refractivity contribution is 0.0550. The van der Waals surface area contributed by atoms with Crippen LogP contribution in [0, 0.1) is 0 Å². The van der Waals surface area contributed by atoms with Crippen LogP contribution in [-0.4, -0.2) is 69.6 Å². The normalized spacial score (nSPS) is 20.4. The number of hydrogen-bond donors (Lipinski definition) is 2. The predicted molar refractivity (Wildman–Crippen MR) is 154 cm³/mol. The first-order valence-corrected chi connectivity index (χ1v) is 16.7. The number of rotatable bonds is 6. The topological polar surface area (TPSA) is 128 Å². The second-order valence-corrected chi connectivity index (χ2v) is 15.2. The van der Waals surface area contributed by atoms with E-state index in [4.69, 9.17) is 11.6 Å². The summed E-state index contributed by atoms with van der Waals surface area (Å²) in [7, 11) is -3.79. The van der Waals surface area contributed by atoms with Crippen LogP contribution in [0.2, 0.25) is 5.02 Å². The van der Waals surface area contributed by atoms with Gasteiger partial charge in [-0.1, -0.05) is 17.7 Å². The van der Waals surface area contributed by atoms with Crippen molar-refractivity contribution in [3.63, 3.8) is 0 Å². The molecule has 2 N–H and O–H groups in total. The highest BCUT2D eigenvalue weighted by atomic mass is 35.5. The Labute approximate surface area is 241 Å². The van der Waals surface area contributed by atoms with E-state index in [9.17, 15) is 18.0 Å². The van der Waals surface area contributed by atoms with Crippen LogP contribution in [0.5, 0.6) is 0 Å². The molecule has 0 radical (unpaired) electrons. The van der Waals surface area contributed by atoms with E-state index in [0.29, 0.717) is 41.3 Å². The zero-order chi connectivity index (χ0) is 27.3. The summed E-state index contributed by atoms with van der Waals surface area (Å²) in [6, 6.07) is 6.88. The van der Waals surface area contributed by atoms with E-state index < -0.39 is 16.1 Å². The summed E-state index contributed by atoms with van der Waals surface area (Å²) >= 11 is 9.54. The molecule has 2 atom stereocenters. The van der Waals surface area contributed by atoms with Crippen molar-refractivity contribution >= 4 is 71.8 Å². The predicted octanol–water partition coefficient (Wildman–Crippen LogP) is 3.34. The molecule has 6 rings (SSSR count). The number of carbonyl (C=O) groups is 1. The van der Waals surface area contributed by atoms with Crippen LogP contribution in [-0.2, 0) is 29.4 Å². The quantitative estimate of drug-likeness (QED) is 0.337. The van der Waals surface area contributed by atoms with Gasteiger partial charge in [-0.2, -0.15) is 8.68 Å². The minimum atomic E-state index is -3.79. The molecule has 1 saturated heterocycles. The van der Waals surface area contributed by atoms with Crippen molar-refractivity contribution in [2.24, 2.45) is 0 Å². The molecule has 2 aliphatic rings. The molecule has 4 aromatic rings. The Bertz CT molecular complexity index is 1710. The number of nitrogens with zero attached hydrogens (tertiary/aromatic N) is 4. The first-order valence-electron chi connectivity index (χ1n) is 12.4. The zero-order valence-corrected chi connectivity index (χ0v) is 24.9. The monoisotopic (exact) mass is 624 g/mol. The molecule has 0 spiro atoms. The molecule has 0 saturated carbocycles. The summed E-state index contributed by atoms with van der Waals surface area (Å²) in [5, 5.41) is 5.20. The molecule has 3 aromatic heterocycles. The Morgan fingerprint density at radius 3 is 2.87 bits per heavy atom. The number of piperazine rings is 1. The molecule has 1 aromatic carbocycles. The van der Waals surface area contributed by atoms with Crippen LogP contribution in [0.15, 0.2) is 33.3 Å². The number of thiazole rings is 1. The number of halogens is 1. The first-order chi connectivity index (χ1) is 18.7. The van der Waals surface area contributed by atoms with E-state index in [0.717, 1.165) is 38.6 Å². The minimum Gasteiger partial charge on any atom is -0.331 e. The van der Waals surface area contributed by atoms with Crippen LogP contribution in [0.1, 0.15) is 39.5 Å². The van der Waals surface area contributed by atoms with Crippen molar-refractivity contribution in [1.82, 2.24) is 28.9 Å². The van der Waals surface area contributed by atoms with Crippen LogP contribution >= 0.6 is 45.8 Å². The highest BCUT2D eigenvalue weighted by Crippen LogP contribution is 2.34. The van der Waals surface area contributed by atoms with E-state index in [2.05, 4.69) is 26.6 Å². The third kappa shape index (κ3) is 5.43. The fourth-order valence-electron chi connectivity index (χ4n) is 4.99. The van der Waals surface area contributed by atoms with Crippen molar-refractivity contribution in [2.45, 2.75) is 49.0 Å². The number of H-pyrrole nitrogens is 1. The Balaban J connectivity index is 1.27. The molecule has 0 aliphatic carbocycles. The highest BCUT2D eigenvalue weighted by molar-refractivity contribution is 7.91. The van der Waals surface area contributed by atoms with Gasteiger partial charge in [0, 0.05) is 77.2 Å². The fourth-order valence-corrected chi connectivity index (χ4v) is 9.78. The van der Waals surface area contributed by atoms with Gasteiger partial charge in [-0.15, -0.1) is 22.7 Å². The molecule has 39 heavy (non-hydrogen) atoms. The van der Waals surface area contributed by atoms with Crippen molar-refractivity contribution in [1.29, 1.82) is 0 Å². The maximum atomic E-state index is 13.7. The van der Waals surface area contributed by atoms with E-state index in [1.807, 2.05) is 6.07 Å². The number of fused-ring (bicyclic) bond motifs is 2. The number of hydrogen-bond acceptors (Lipinski definition) is 10. The third-order valence-electron chi connectivity index (χ3n) is 7.03. The molecule has 1 fully saturated rings. The van der Waals surface area contributed by atoms with Crippen molar-refractivity contribution < 1.29 is 13.2 Å².